The summed E-state index contributed by atoms with van der Waals surface area (Å²) in [4.78, 5) is 2.75. The highest BCUT2D eigenvalue weighted by Gasteiger charge is 2.56. The van der Waals surface area contributed by atoms with Crippen LogP contribution in [0.4, 0.5) is 5.69 Å². The minimum Gasteiger partial charge on any atom is -0.356 e. The molecule has 0 spiro atoms. The van der Waals surface area contributed by atoms with Gasteiger partial charge in [-0.3, -0.25) is 0 Å². The van der Waals surface area contributed by atoms with Crippen molar-refractivity contribution in [3.63, 3.8) is 0 Å². The van der Waals surface area contributed by atoms with Gasteiger partial charge in [0.1, 0.15) is 0 Å². The molecule has 4 unspecified atom stereocenters. The second kappa shape index (κ2) is 13.9. The van der Waals surface area contributed by atoms with Crippen molar-refractivity contribution in [2.24, 2.45) is 17.3 Å². The van der Waals surface area contributed by atoms with Gasteiger partial charge < -0.3 is 14.0 Å². The molecule has 3 aliphatic carbocycles. The van der Waals surface area contributed by atoms with E-state index < -0.39 is 0 Å². The van der Waals surface area contributed by atoms with Crippen LogP contribution in [0.5, 0.6) is 0 Å². The normalized spacial score (nSPS) is 20.9. The molecule has 0 amide bonds. The number of hydrogen-bond acceptors (Lipinski definition) is 1. The molecule has 1 saturated heterocycles. The SMILES string of the molecule is CC1(C)c2ccccc2-c2cc3c4cc(-c5ccc6c(c5)C5=CC=CC7C5N6C5C=CC=CC5C7(C)C)ccc4n(-c4ccc5c(c4)c4cc(-c6ccccc6)ccc4n5-c4ccccc4)c3cc21. The lowest BCUT2D eigenvalue weighted by atomic mass is 9.58. The monoisotopic (exact) mass is 885 g/mol. The van der Waals surface area contributed by atoms with Gasteiger partial charge in [-0.2, -0.15) is 0 Å². The Balaban J connectivity index is 0.947. The van der Waals surface area contributed by atoms with Crippen molar-refractivity contribution >= 4 is 54.9 Å². The van der Waals surface area contributed by atoms with Crippen molar-refractivity contribution in [1.29, 1.82) is 0 Å². The number of allylic oxidation sites excluding steroid dienone is 4. The third kappa shape index (κ3) is 5.28. The van der Waals surface area contributed by atoms with Gasteiger partial charge in [0.25, 0.3) is 0 Å². The molecule has 1 fully saturated rings. The molecule has 0 radical (unpaired) electrons. The lowest BCUT2D eigenvalue weighted by molar-refractivity contribution is 0.114. The molecule has 4 heterocycles. The minimum absolute atomic E-state index is 0.133. The molecule has 8 aromatic carbocycles. The van der Waals surface area contributed by atoms with Crippen LogP contribution in [-0.4, -0.2) is 21.2 Å². The summed E-state index contributed by atoms with van der Waals surface area (Å²) in [6, 6.07) is 65.0. The summed E-state index contributed by atoms with van der Waals surface area (Å²) in [6.07, 6.45) is 16.6. The molecule has 0 N–H and O–H groups in total. The van der Waals surface area contributed by atoms with Crippen LogP contribution in [-0.2, 0) is 5.41 Å². The third-order valence-electron chi connectivity index (χ3n) is 17.2. The molecule has 10 aromatic rings. The predicted molar refractivity (Wildman–Crippen MR) is 290 cm³/mol. The van der Waals surface area contributed by atoms with Gasteiger partial charge in [-0.1, -0.05) is 161 Å². The van der Waals surface area contributed by atoms with E-state index in [2.05, 4.69) is 254 Å². The van der Waals surface area contributed by atoms with Crippen molar-refractivity contribution in [2.45, 2.75) is 45.2 Å². The van der Waals surface area contributed by atoms with Crippen molar-refractivity contribution in [2.75, 3.05) is 4.90 Å². The molecular formula is C66H51N3. The van der Waals surface area contributed by atoms with Crippen LogP contribution in [0, 0.1) is 17.3 Å². The molecule has 5 aliphatic rings. The fourth-order valence-electron chi connectivity index (χ4n) is 13.8. The number of aromatic nitrogens is 2. The first-order chi connectivity index (χ1) is 33.7. The van der Waals surface area contributed by atoms with Crippen LogP contribution in [0.15, 0.2) is 212 Å². The van der Waals surface area contributed by atoms with Gasteiger partial charge in [-0.05, 0) is 134 Å². The summed E-state index contributed by atoms with van der Waals surface area (Å²) in [5.74, 6) is 0.886. The summed E-state index contributed by atoms with van der Waals surface area (Å²) in [5, 5.41) is 5.04. The maximum absolute atomic E-state index is 2.75. The zero-order valence-corrected chi connectivity index (χ0v) is 39.4. The van der Waals surface area contributed by atoms with Crippen LogP contribution < -0.4 is 4.90 Å². The van der Waals surface area contributed by atoms with Crippen LogP contribution in [0.3, 0.4) is 0 Å². The molecule has 69 heavy (non-hydrogen) atoms. The Bertz CT molecular complexity index is 3980. The molecule has 0 bridgehead atoms. The van der Waals surface area contributed by atoms with E-state index in [4.69, 9.17) is 0 Å². The molecule has 4 atom stereocenters. The largest absolute Gasteiger partial charge is 0.356 e. The van der Waals surface area contributed by atoms with Crippen LogP contribution in [0.1, 0.15) is 44.4 Å². The first-order valence-corrected chi connectivity index (χ1v) is 24.8. The molecule has 330 valence electrons. The Labute approximate surface area is 403 Å². The minimum atomic E-state index is -0.133. The van der Waals surface area contributed by atoms with Crippen molar-refractivity contribution < 1.29 is 0 Å². The number of fused-ring (bicyclic) bond motifs is 14. The van der Waals surface area contributed by atoms with E-state index in [1.807, 2.05) is 0 Å². The van der Waals surface area contributed by atoms with E-state index in [1.165, 1.54) is 105 Å². The first kappa shape index (κ1) is 39.1. The average molecular weight is 886 g/mol. The number of nitrogens with zero attached hydrogens (tertiary/aromatic N) is 3. The van der Waals surface area contributed by atoms with Crippen LogP contribution in [0.2, 0.25) is 0 Å². The summed E-state index contributed by atoms with van der Waals surface area (Å²) in [6.45, 7) is 9.76. The number of benzene rings is 8. The number of hydrogen-bond donors (Lipinski definition) is 0. The smallest absolute Gasteiger partial charge is 0.0623 e. The highest BCUT2D eigenvalue weighted by Crippen LogP contribution is 2.59. The topological polar surface area (TPSA) is 13.1 Å². The maximum atomic E-state index is 2.75. The summed E-state index contributed by atoms with van der Waals surface area (Å²) >= 11 is 0. The fraction of sp³-hybridized carbons (Fsp3) is 0.152. The van der Waals surface area contributed by atoms with E-state index in [1.54, 1.807) is 0 Å². The highest BCUT2D eigenvalue weighted by atomic mass is 15.2. The standard InChI is InChI=1S/C66H51N3/c1-65(2)54-22-12-11-20-46(54)48-38-53-51-36-43(42-28-32-61-49(35-42)47-21-15-24-56-64(47)69(61)62-25-14-13-23-55(62)66(56,3)4)27-31-59(51)68(63(53)39-57(48)65)45-29-33-60-52(37-45)50-34-41(40-16-7-5-8-17-40)26-30-58(50)67(60)44-18-9-6-10-19-44/h5-39,55-56,62,64H,1-4H3. The Morgan fingerprint density at radius 2 is 1.01 bits per heavy atom. The lowest BCUT2D eigenvalue weighted by Gasteiger charge is -2.56. The summed E-state index contributed by atoms with van der Waals surface area (Å²) in [5.41, 5.74) is 21.8. The Morgan fingerprint density at radius 1 is 0.406 bits per heavy atom. The maximum Gasteiger partial charge on any atom is 0.0623 e. The van der Waals surface area contributed by atoms with E-state index in [9.17, 15) is 0 Å². The molecule has 3 nitrogen and oxygen atoms in total. The van der Waals surface area contributed by atoms with E-state index in [-0.39, 0.29) is 10.8 Å². The van der Waals surface area contributed by atoms with E-state index in [0.29, 0.717) is 23.9 Å². The second-order valence-corrected chi connectivity index (χ2v) is 21.3. The number of anilines is 1. The van der Waals surface area contributed by atoms with Crippen molar-refractivity contribution in [3.05, 3.63) is 229 Å². The highest BCUT2D eigenvalue weighted by molar-refractivity contribution is 6.15. The first-order valence-electron chi connectivity index (χ1n) is 24.8. The molecular weight excluding hydrogens is 835 g/mol. The van der Waals surface area contributed by atoms with E-state index >= 15 is 0 Å². The molecule has 15 rings (SSSR count). The zero-order chi connectivity index (χ0) is 45.9. The van der Waals surface area contributed by atoms with Gasteiger partial charge in [0.15, 0.2) is 0 Å². The van der Waals surface area contributed by atoms with Gasteiger partial charge in [0.2, 0.25) is 0 Å². The Morgan fingerprint density at radius 3 is 1.80 bits per heavy atom. The molecule has 3 heteroatoms. The van der Waals surface area contributed by atoms with Gasteiger partial charge >= 0.3 is 0 Å². The number of piperidine rings is 1. The molecule has 0 saturated carbocycles. The van der Waals surface area contributed by atoms with E-state index in [0.717, 1.165) is 11.4 Å². The third-order valence-corrected chi connectivity index (χ3v) is 17.2. The zero-order valence-electron chi connectivity index (χ0n) is 39.4. The van der Waals surface area contributed by atoms with Crippen LogP contribution in [0.25, 0.3) is 93.9 Å². The number of para-hydroxylation sites is 1. The summed E-state index contributed by atoms with van der Waals surface area (Å²) in [7, 11) is 0. The number of rotatable bonds is 4. The molecule has 2 aromatic heterocycles. The summed E-state index contributed by atoms with van der Waals surface area (Å²) < 4.78 is 4.97. The fourth-order valence-corrected chi connectivity index (χ4v) is 13.8. The molecule has 2 aliphatic heterocycles. The second-order valence-electron chi connectivity index (χ2n) is 21.3. The quantitative estimate of drug-likeness (QED) is 0.172. The van der Waals surface area contributed by atoms with Crippen LogP contribution >= 0.6 is 0 Å². The lowest BCUT2D eigenvalue weighted by Crippen LogP contribution is -2.60. The van der Waals surface area contributed by atoms with Crippen molar-refractivity contribution in [1.82, 2.24) is 9.13 Å². The average Bonchev–Trinajstić information content (AvgIpc) is 4.08. The van der Waals surface area contributed by atoms with Gasteiger partial charge in [-0.25, -0.2) is 0 Å². The van der Waals surface area contributed by atoms with Gasteiger partial charge in [0, 0.05) is 61.4 Å². The van der Waals surface area contributed by atoms with Gasteiger partial charge in [-0.15, -0.1) is 0 Å². The Kier molecular flexibility index (Phi) is 7.86. The van der Waals surface area contributed by atoms with Gasteiger partial charge in [0.05, 0.1) is 34.2 Å². The Hall–Kier alpha value is -7.88. The van der Waals surface area contributed by atoms with Crippen molar-refractivity contribution in [3.8, 4) is 44.8 Å². The predicted octanol–water partition coefficient (Wildman–Crippen LogP) is 16.4.